The number of piperazine rings is 1. The average Bonchev–Trinajstić information content (AvgIpc) is 2.70. The molecule has 1 aromatic carbocycles. The minimum atomic E-state index is -0.176. The van der Waals surface area contributed by atoms with E-state index in [4.69, 9.17) is 16.3 Å². The number of nitrogens with zero attached hydrogens (tertiary/aromatic N) is 3. The van der Waals surface area contributed by atoms with Gasteiger partial charge in [-0.1, -0.05) is 11.6 Å². The van der Waals surface area contributed by atoms with E-state index in [1.165, 1.54) is 4.90 Å². The van der Waals surface area contributed by atoms with Gasteiger partial charge >= 0.3 is 0 Å². The van der Waals surface area contributed by atoms with Gasteiger partial charge in [-0.25, -0.2) is 9.97 Å². The number of hydrogen-bond acceptors (Lipinski definition) is 5. The number of carbonyl (C=O) groups excluding carboxylic acids is 1. The molecule has 7 nitrogen and oxygen atoms in total. The number of quaternary nitrogens is 1. The Morgan fingerprint density at radius 1 is 1.30 bits per heavy atom. The zero-order valence-electron chi connectivity index (χ0n) is 15.8. The Morgan fingerprint density at radius 3 is 2.59 bits per heavy atom. The summed E-state index contributed by atoms with van der Waals surface area (Å²) in [5.74, 6) is 1.27. The van der Waals surface area contributed by atoms with E-state index >= 15 is 0 Å². The zero-order valence-corrected chi connectivity index (χ0v) is 16.6. The van der Waals surface area contributed by atoms with Gasteiger partial charge in [0.25, 0.3) is 5.91 Å². The summed E-state index contributed by atoms with van der Waals surface area (Å²) in [6.45, 7) is 7.19. The lowest BCUT2D eigenvalue weighted by molar-refractivity contribution is -0.914. The maximum absolute atomic E-state index is 12.8. The van der Waals surface area contributed by atoms with Crippen LogP contribution in [0.1, 0.15) is 12.5 Å². The Kier molecular flexibility index (Phi) is 6.13. The summed E-state index contributed by atoms with van der Waals surface area (Å²) in [5, 5.41) is 3.60. The molecule has 3 rings (SSSR count). The Balaban J connectivity index is 1.61. The van der Waals surface area contributed by atoms with E-state index in [-0.39, 0.29) is 11.9 Å². The van der Waals surface area contributed by atoms with Crippen LogP contribution in [0.3, 0.4) is 0 Å². The molecule has 0 unspecified atom stereocenters. The van der Waals surface area contributed by atoms with Gasteiger partial charge in [0.15, 0.2) is 6.04 Å². The van der Waals surface area contributed by atoms with Crippen LogP contribution in [0.5, 0.6) is 5.75 Å². The molecule has 0 aliphatic carbocycles. The van der Waals surface area contributed by atoms with Crippen molar-refractivity contribution in [3.05, 3.63) is 41.2 Å². The van der Waals surface area contributed by atoms with Gasteiger partial charge in [0.1, 0.15) is 5.75 Å². The summed E-state index contributed by atoms with van der Waals surface area (Å²) in [4.78, 5) is 24.8. The van der Waals surface area contributed by atoms with Crippen LogP contribution in [0.15, 0.2) is 30.6 Å². The molecule has 0 saturated carbocycles. The third-order valence-corrected chi connectivity index (χ3v) is 5.39. The molecule has 2 aromatic rings. The maximum Gasteiger partial charge on any atom is 0.282 e. The molecule has 1 aromatic heterocycles. The first kappa shape index (κ1) is 19.4. The number of ether oxygens (including phenoxy) is 1. The third-order valence-electron chi connectivity index (χ3n) is 4.98. The van der Waals surface area contributed by atoms with Crippen molar-refractivity contribution >= 4 is 29.1 Å². The fourth-order valence-electron chi connectivity index (χ4n) is 3.24. The van der Waals surface area contributed by atoms with Gasteiger partial charge in [-0.3, -0.25) is 4.79 Å². The molecule has 1 atom stereocenters. The van der Waals surface area contributed by atoms with Crippen molar-refractivity contribution in [1.29, 1.82) is 0 Å². The molecule has 0 bridgehead atoms. The van der Waals surface area contributed by atoms with Crippen LogP contribution < -0.4 is 19.9 Å². The summed E-state index contributed by atoms with van der Waals surface area (Å²) in [7, 11) is 1.57. The normalized spacial score (nSPS) is 16.1. The molecule has 0 spiro atoms. The largest absolute Gasteiger partial charge is 0.495 e. The standard InChI is InChI=1S/C19H24ClN5O2/c1-13-11-16(17(27-3)12-15(13)20)23-18(26)14(2)24-7-9-25(10-8-24)19-21-5-4-6-22-19/h4-6,11-12,14H,7-10H2,1-3H3,(H,23,26)/p+1/t14-/m0/s1. The lowest BCUT2D eigenvalue weighted by Crippen LogP contribution is -3.19. The van der Waals surface area contributed by atoms with Gasteiger partial charge in [0.2, 0.25) is 5.95 Å². The number of methoxy groups -OCH3 is 1. The van der Waals surface area contributed by atoms with Gasteiger partial charge in [-0.15, -0.1) is 0 Å². The Labute approximate surface area is 164 Å². The molecule has 0 radical (unpaired) electrons. The third kappa shape index (κ3) is 4.48. The number of halogens is 1. The highest BCUT2D eigenvalue weighted by molar-refractivity contribution is 6.31. The summed E-state index contributed by atoms with van der Waals surface area (Å²) in [6, 6.07) is 5.20. The van der Waals surface area contributed by atoms with Crippen LogP contribution in [0, 0.1) is 6.92 Å². The number of rotatable bonds is 5. The van der Waals surface area contributed by atoms with Crippen LogP contribution in [-0.2, 0) is 4.79 Å². The van der Waals surface area contributed by atoms with Crippen LogP contribution in [-0.4, -0.2) is 55.2 Å². The van der Waals surface area contributed by atoms with E-state index in [2.05, 4.69) is 20.2 Å². The number of nitrogens with one attached hydrogen (secondary N) is 2. The van der Waals surface area contributed by atoms with Crippen molar-refractivity contribution in [2.24, 2.45) is 0 Å². The molecule has 1 aliphatic rings. The predicted octanol–water partition coefficient (Wildman–Crippen LogP) is 1.18. The minimum Gasteiger partial charge on any atom is -0.495 e. The number of anilines is 2. The van der Waals surface area contributed by atoms with Gasteiger partial charge < -0.3 is 19.9 Å². The van der Waals surface area contributed by atoms with Crippen molar-refractivity contribution in [1.82, 2.24) is 9.97 Å². The van der Waals surface area contributed by atoms with Gasteiger partial charge in [0, 0.05) is 23.5 Å². The number of aryl methyl sites for hydroxylation is 1. The fraction of sp³-hybridized carbons (Fsp3) is 0.421. The number of amides is 1. The van der Waals surface area contributed by atoms with E-state index in [0.717, 1.165) is 37.7 Å². The molecule has 1 saturated heterocycles. The summed E-state index contributed by atoms with van der Waals surface area (Å²) in [6.07, 6.45) is 3.50. The second kappa shape index (κ2) is 8.54. The first-order chi connectivity index (χ1) is 13.0. The topological polar surface area (TPSA) is 71.8 Å². The lowest BCUT2D eigenvalue weighted by Gasteiger charge is -2.34. The number of aromatic nitrogens is 2. The zero-order chi connectivity index (χ0) is 19.4. The van der Waals surface area contributed by atoms with Gasteiger partial charge in [0.05, 0.1) is 39.0 Å². The molecule has 144 valence electrons. The van der Waals surface area contributed by atoms with Crippen LogP contribution in [0.4, 0.5) is 11.6 Å². The Hall–Kier alpha value is -2.38. The molecular weight excluding hydrogens is 366 g/mol. The number of carbonyl (C=O) groups is 1. The lowest BCUT2D eigenvalue weighted by atomic mass is 10.1. The van der Waals surface area contributed by atoms with E-state index in [0.29, 0.717) is 16.5 Å². The second-order valence-electron chi connectivity index (χ2n) is 6.71. The number of benzene rings is 1. The predicted molar refractivity (Wildman–Crippen MR) is 106 cm³/mol. The number of hydrogen-bond donors (Lipinski definition) is 2. The highest BCUT2D eigenvalue weighted by Gasteiger charge is 2.30. The molecule has 1 fully saturated rings. The Morgan fingerprint density at radius 2 is 1.96 bits per heavy atom. The molecule has 27 heavy (non-hydrogen) atoms. The van der Waals surface area contributed by atoms with E-state index < -0.39 is 0 Å². The van der Waals surface area contributed by atoms with Gasteiger partial charge in [-0.05, 0) is 31.5 Å². The van der Waals surface area contributed by atoms with E-state index in [1.54, 1.807) is 25.6 Å². The summed E-state index contributed by atoms with van der Waals surface area (Å²) >= 11 is 6.14. The molecular formula is C19H25ClN5O2+. The molecule has 8 heteroatoms. The van der Waals surface area contributed by atoms with Gasteiger partial charge in [-0.2, -0.15) is 0 Å². The SMILES string of the molecule is COc1cc(Cl)c(C)cc1NC(=O)[C@H](C)[NH+]1CCN(c2ncccn2)CC1. The van der Waals surface area contributed by atoms with Crippen molar-refractivity contribution in [3.8, 4) is 5.75 Å². The van der Waals surface area contributed by atoms with Crippen LogP contribution >= 0.6 is 11.6 Å². The summed E-state index contributed by atoms with van der Waals surface area (Å²) < 4.78 is 5.34. The van der Waals surface area contributed by atoms with Crippen LogP contribution in [0.2, 0.25) is 5.02 Å². The Bertz CT molecular complexity index is 794. The van der Waals surface area contributed by atoms with E-state index in [1.807, 2.05) is 26.0 Å². The van der Waals surface area contributed by atoms with Crippen molar-refractivity contribution < 1.29 is 14.4 Å². The van der Waals surface area contributed by atoms with Crippen molar-refractivity contribution in [2.45, 2.75) is 19.9 Å². The molecule has 2 heterocycles. The first-order valence-electron chi connectivity index (χ1n) is 9.01. The van der Waals surface area contributed by atoms with Crippen molar-refractivity contribution in [3.63, 3.8) is 0 Å². The minimum absolute atomic E-state index is 0.0329. The highest BCUT2D eigenvalue weighted by Crippen LogP contribution is 2.30. The smallest absolute Gasteiger partial charge is 0.282 e. The average molecular weight is 391 g/mol. The molecule has 1 amide bonds. The first-order valence-corrected chi connectivity index (χ1v) is 9.39. The monoisotopic (exact) mass is 390 g/mol. The molecule has 1 aliphatic heterocycles. The highest BCUT2D eigenvalue weighted by atomic mass is 35.5. The van der Waals surface area contributed by atoms with Crippen LogP contribution in [0.25, 0.3) is 0 Å². The van der Waals surface area contributed by atoms with E-state index in [9.17, 15) is 4.79 Å². The quantitative estimate of drug-likeness (QED) is 0.802. The van der Waals surface area contributed by atoms with Crippen molar-refractivity contribution in [2.75, 3.05) is 43.5 Å². The molecule has 2 N–H and O–H groups in total. The fourth-order valence-corrected chi connectivity index (χ4v) is 3.39. The summed E-state index contributed by atoms with van der Waals surface area (Å²) in [5.41, 5.74) is 1.54. The second-order valence-corrected chi connectivity index (χ2v) is 7.11. The maximum atomic E-state index is 12.8.